The average Bonchev–Trinajstić information content (AvgIpc) is 2.70. The lowest BCUT2D eigenvalue weighted by atomic mass is 10.1. The number of carbonyl (C=O) groups is 1. The molecule has 0 aliphatic heterocycles. The summed E-state index contributed by atoms with van der Waals surface area (Å²) in [6, 6.07) is 7.51. The summed E-state index contributed by atoms with van der Waals surface area (Å²) in [5.41, 5.74) is 0.788. The maximum Gasteiger partial charge on any atom is 0.229 e. The number of nitrogens with one attached hydrogen (secondary N) is 1. The Morgan fingerprint density at radius 3 is 2.55 bits per heavy atom. The van der Waals surface area contributed by atoms with E-state index in [4.69, 9.17) is 0 Å². The molecule has 0 aliphatic carbocycles. The Morgan fingerprint density at radius 2 is 2.00 bits per heavy atom. The summed E-state index contributed by atoms with van der Waals surface area (Å²) in [5.74, 6) is 1.34. The highest BCUT2D eigenvalue weighted by atomic mass is 79.9. The Labute approximate surface area is 126 Å². The molecular formula is C14H17BrN4O. The van der Waals surface area contributed by atoms with Gasteiger partial charge in [-0.15, -0.1) is 0 Å². The third-order valence-corrected chi connectivity index (χ3v) is 3.50. The van der Waals surface area contributed by atoms with Crippen LogP contribution >= 0.6 is 15.9 Å². The van der Waals surface area contributed by atoms with Gasteiger partial charge >= 0.3 is 0 Å². The summed E-state index contributed by atoms with van der Waals surface area (Å²) < 4.78 is 2.75. The zero-order chi connectivity index (χ0) is 14.7. The van der Waals surface area contributed by atoms with Gasteiger partial charge in [-0.3, -0.25) is 4.79 Å². The molecular weight excluding hydrogens is 320 g/mol. The van der Waals surface area contributed by atoms with Crippen molar-refractivity contribution >= 4 is 27.5 Å². The molecule has 1 unspecified atom stereocenters. The molecule has 1 aromatic carbocycles. The Hall–Kier alpha value is -1.69. The summed E-state index contributed by atoms with van der Waals surface area (Å²) in [6.45, 7) is 6.13. The highest BCUT2D eigenvalue weighted by Gasteiger charge is 2.15. The van der Waals surface area contributed by atoms with Gasteiger partial charge in [-0.1, -0.05) is 22.9 Å². The fourth-order valence-electron chi connectivity index (χ4n) is 1.88. The van der Waals surface area contributed by atoms with E-state index in [0.29, 0.717) is 6.54 Å². The SMILES string of the molecule is Cc1nc(C)n(CC(C)C(=O)Nc2ccc(Br)cc2)n1. The quantitative estimate of drug-likeness (QED) is 0.933. The van der Waals surface area contributed by atoms with Gasteiger partial charge in [0.1, 0.15) is 11.6 Å². The van der Waals surface area contributed by atoms with Crippen LogP contribution in [0.4, 0.5) is 5.69 Å². The summed E-state index contributed by atoms with van der Waals surface area (Å²) in [5, 5.41) is 7.16. The topological polar surface area (TPSA) is 59.8 Å². The molecule has 20 heavy (non-hydrogen) atoms. The number of aryl methyl sites for hydroxylation is 2. The molecule has 0 radical (unpaired) electrons. The van der Waals surface area contributed by atoms with E-state index in [-0.39, 0.29) is 11.8 Å². The molecule has 0 bridgehead atoms. The second-order valence-electron chi connectivity index (χ2n) is 4.79. The molecule has 1 atom stereocenters. The zero-order valence-corrected chi connectivity index (χ0v) is 13.3. The van der Waals surface area contributed by atoms with E-state index >= 15 is 0 Å². The van der Waals surface area contributed by atoms with Gasteiger partial charge in [0, 0.05) is 10.2 Å². The van der Waals surface area contributed by atoms with Gasteiger partial charge in [-0.2, -0.15) is 5.10 Å². The lowest BCUT2D eigenvalue weighted by Crippen LogP contribution is -2.25. The highest BCUT2D eigenvalue weighted by Crippen LogP contribution is 2.15. The lowest BCUT2D eigenvalue weighted by molar-refractivity contribution is -0.119. The molecule has 0 spiro atoms. The van der Waals surface area contributed by atoms with Gasteiger partial charge in [0.25, 0.3) is 0 Å². The number of rotatable bonds is 4. The molecule has 0 fully saturated rings. The first-order valence-corrected chi connectivity index (χ1v) is 7.19. The fraction of sp³-hybridized carbons (Fsp3) is 0.357. The minimum absolute atomic E-state index is 0.0279. The summed E-state index contributed by atoms with van der Waals surface area (Å²) in [6.07, 6.45) is 0. The van der Waals surface area contributed by atoms with Crippen molar-refractivity contribution in [3.05, 3.63) is 40.4 Å². The minimum atomic E-state index is -0.182. The number of anilines is 1. The molecule has 0 saturated heterocycles. The number of aromatic nitrogens is 3. The summed E-state index contributed by atoms with van der Waals surface area (Å²) >= 11 is 3.36. The van der Waals surface area contributed by atoms with Crippen LogP contribution in [0.3, 0.4) is 0 Å². The molecule has 6 heteroatoms. The van der Waals surface area contributed by atoms with E-state index in [0.717, 1.165) is 21.8 Å². The predicted molar refractivity (Wildman–Crippen MR) is 81.4 cm³/mol. The van der Waals surface area contributed by atoms with Gasteiger partial charge in [-0.25, -0.2) is 9.67 Å². The van der Waals surface area contributed by atoms with Crippen LogP contribution in [0.1, 0.15) is 18.6 Å². The van der Waals surface area contributed by atoms with Crippen molar-refractivity contribution in [2.75, 3.05) is 5.32 Å². The van der Waals surface area contributed by atoms with Crippen LogP contribution in [0.25, 0.3) is 0 Å². The molecule has 2 aromatic rings. The van der Waals surface area contributed by atoms with E-state index in [9.17, 15) is 4.79 Å². The monoisotopic (exact) mass is 336 g/mol. The van der Waals surface area contributed by atoms with E-state index in [2.05, 4.69) is 31.3 Å². The van der Waals surface area contributed by atoms with Crippen LogP contribution in [0.5, 0.6) is 0 Å². The first kappa shape index (κ1) is 14.7. The van der Waals surface area contributed by atoms with Crippen molar-refractivity contribution in [3.63, 3.8) is 0 Å². The second-order valence-corrected chi connectivity index (χ2v) is 5.70. The van der Waals surface area contributed by atoms with E-state index in [1.54, 1.807) is 4.68 Å². The van der Waals surface area contributed by atoms with Crippen molar-refractivity contribution in [1.82, 2.24) is 14.8 Å². The number of halogens is 1. The number of nitrogens with zero attached hydrogens (tertiary/aromatic N) is 3. The highest BCUT2D eigenvalue weighted by molar-refractivity contribution is 9.10. The number of hydrogen-bond donors (Lipinski definition) is 1. The largest absolute Gasteiger partial charge is 0.326 e. The molecule has 5 nitrogen and oxygen atoms in total. The molecule has 0 aliphatic rings. The molecule has 1 aromatic heterocycles. The first-order valence-electron chi connectivity index (χ1n) is 6.40. The van der Waals surface area contributed by atoms with Crippen molar-refractivity contribution in [2.45, 2.75) is 27.3 Å². The average molecular weight is 337 g/mol. The first-order chi connectivity index (χ1) is 9.45. The molecule has 2 rings (SSSR count). The molecule has 1 heterocycles. The summed E-state index contributed by atoms with van der Waals surface area (Å²) in [4.78, 5) is 16.4. The maximum atomic E-state index is 12.1. The minimum Gasteiger partial charge on any atom is -0.326 e. The maximum absolute atomic E-state index is 12.1. The van der Waals surface area contributed by atoms with E-state index < -0.39 is 0 Å². The number of amides is 1. The van der Waals surface area contributed by atoms with Crippen molar-refractivity contribution in [3.8, 4) is 0 Å². The van der Waals surface area contributed by atoms with E-state index in [1.165, 1.54) is 0 Å². The zero-order valence-electron chi connectivity index (χ0n) is 11.7. The van der Waals surface area contributed by atoms with Crippen LogP contribution in [-0.4, -0.2) is 20.7 Å². The smallest absolute Gasteiger partial charge is 0.229 e. The van der Waals surface area contributed by atoms with Crippen molar-refractivity contribution < 1.29 is 4.79 Å². The Balaban J connectivity index is 1.98. The standard InChI is InChI=1S/C14H17BrN4O/c1-9(8-19-11(3)16-10(2)18-19)14(20)17-13-6-4-12(15)5-7-13/h4-7,9H,8H2,1-3H3,(H,17,20). The normalized spacial score (nSPS) is 12.2. The van der Waals surface area contributed by atoms with Gasteiger partial charge in [0.05, 0.1) is 12.5 Å². The fourth-order valence-corrected chi connectivity index (χ4v) is 2.14. The third-order valence-electron chi connectivity index (χ3n) is 2.97. The van der Waals surface area contributed by atoms with Gasteiger partial charge in [0.2, 0.25) is 5.91 Å². The Bertz CT molecular complexity index is 606. The Kier molecular flexibility index (Phi) is 4.54. The summed E-state index contributed by atoms with van der Waals surface area (Å²) in [7, 11) is 0. The van der Waals surface area contributed by atoms with Crippen LogP contribution < -0.4 is 5.32 Å². The second kappa shape index (κ2) is 6.17. The van der Waals surface area contributed by atoms with Crippen LogP contribution in [0, 0.1) is 19.8 Å². The van der Waals surface area contributed by atoms with Crippen molar-refractivity contribution in [1.29, 1.82) is 0 Å². The number of carbonyl (C=O) groups excluding carboxylic acids is 1. The molecule has 0 saturated carbocycles. The Morgan fingerprint density at radius 1 is 1.35 bits per heavy atom. The van der Waals surface area contributed by atoms with E-state index in [1.807, 2.05) is 45.0 Å². The van der Waals surface area contributed by atoms with Crippen molar-refractivity contribution in [2.24, 2.45) is 5.92 Å². The van der Waals surface area contributed by atoms with Crippen LogP contribution in [0.15, 0.2) is 28.7 Å². The third kappa shape index (κ3) is 3.66. The molecule has 1 amide bonds. The number of benzene rings is 1. The predicted octanol–water partition coefficient (Wildman–Crippen LogP) is 2.93. The van der Waals surface area contributed by atoms with Gasteiger partial charge in [0.15, 0.2) is 0 Å². The lowest BCUT2D eigenvalue weighted by Gasteiger charge is -2.13. The molecule has 1 N–H and O–H groups in total. The number of hydrogen-bond acceptors (Lipinski definition) is 3. The van der Waals surface area contributed by atoms with Gasteiger partial charge in [-0.05, 0) is 38.1 Å². The van der Waals surface area contributed by atoms with Crippen LogP contribution in [-0.2, 0) is 11.3 Å². The van der Waals surface area contributed by atoms with Gasteiger partial charge < -0.3 is 5.32 Å². The molecule has 106 valence electrons. The van der Waals surface area contributed by atoms with Crippen LogP contribution in [0.2, 0.25) is 0 Å².